The zero-order valence-electron chi connectivity index (χ0n) is 19.6. The molecule has 0 spiro atoms. The standard InChI is InChI=1S/C27H18Cl4N6O/c28-15-8-18(30)24-22(10-15)34-26(36-24)20-5-3-14(12-32-20)2-1-7-38-17-4-6-21(33-13-17)27-35-23-11-16(29)9-19(31)25(23)37-27/h3-6,8-13H,1-2,7H2,(H,34,36)(H,35,37). The van der Waals surface area contributed by atoms with Gasteiger partial charge in [0.05, 0.1) is 33.9 Å². The van der Waals surface area contributed by atoms with Crippen molar-refractivity contribution < 1.29 is 4.74 Å². The van der Waals surface area contributed by atoms with Gasteiger partial charge in [0.1, 0.15) is 28.2 Å². The summed E-state index contributed by atoms with van der Waals surface area (Å²) in [6.45, 7) is 0.546. The molecule has 4 aromatic heterocycles. The lowest BCUT2D eigenvalue weighted by molar-refractivity contribution is 0.310. The molecule has 2 aromatic carbocycles. The van der Waals surface area contributed by atoms with Crippen molar-refractivity contribution in [1.29, 1.82) is 0 Å². The molecule has 0 aliphatic rings. The number of fused-ring (bicyclic) bond motifs is 2. The van der Waals surface area contributed by atoms with Crippen LogP contribution in [0.3, 0.4) is 0 Å². The summed E-state index contributed by atoms with van der Waals surface area (Å²) in [6, 6.07) is 14.6. The van der Waals surface area contributed by atoms with Gasteiger partial charge in [0, 0.05) is 16.2 Å². The largest absolute Gasteiger partial charge is 0.492 e. The van der Waals surface area contributed by atoms with Crippen molar-refractivity contribution in [2.24, 2.45) is 0 Å². The number of pyridine rings is 2. The van der Waals surface area contributed by atoms with Crippen molar-refractivity contribution in [3.63, 3.8) is 0 Å². The maximum Gasteiger partial charge on any atom is 0.157 e. The Hall–Kier alpha value is -3.36. The highest BCUT2D eigenvalue weighted by molar-refractivity contribution is 6.38. The van der Waals surface area contributed by atoms with E-state index in [1.54, 1.807) is 30.5 Å². The monoisotopic (exact) mass is 582 g/mol. The summed E-state index contributed by atoms with van der Waals surface area (Å²) in [6.07, 6.45) is 5.17. The summed E-state index contributed by atoms with van der Waals surface area (Å²) in [5.74, 6) is 1.94. The van der Waals surface area contributed by atoms with E-state index in [1.807, 2.05) is 30.5 Å². The molecule has 7 nitrogen and oxygen atoms in total. The van der Waals surface area contributed by atoms with Crippen molar-refractivity contribution in [2.45, 2.75) is 12.8 Å². The summed E-state index contributed by atoms with van der Waals surface area (Å²) >= 11 is 24.6. The van der Waals surface area contributed by atoms with Crippen LogP contribution in [0.5, 0.6) is 5.75 Å². The molecule has 11 heteroatoms. The van der Waals surface area contributed by atoms with E-state index in [0.29, 0.717) is 60.8 Å². The van der Waals surface area contributed by atoms with E-state index >= 15 is 0 Å². The van der Waals surface area contributed by atoms with E-state index < -0.39 is 0 Å². The normalized spacial score (nSPS) is 11.5. The molecule has 2 N–H and O–H groups in total. The van der Waals surface area contributed by atoms with Gasteiger partial charge in [-0.2, -0.15) is 0 Å². The van der Waals surface area contributed by atoms with Gasteiger partial charge >= 0.3 is 0 Å². The quantitative estimate of drug-likeness (QED) is 0.185. The summed E-state index contributed by atoms with van der Waals surface area (Å²) in [4.78, 5) is 24.5. The lowest BCUT2D eigenvalue weighted by atomic mass is 10.1. The van der Waals surface area contributed by atoms with E-state index in [-0.39, 0.29) is 0 Å². The zero-order chi connectivity index (χ0) is 26.2. The van der Waals surface area contributed by atoms with Crippen molar-refractivity contribution in [3.05, 3.63) is 86.6 Å². The molecular weight excluding hydrogens is 566 g/mol. The van der Waals surface area contributed by atoms with Crippen LogP contribution in [0, 0.1) is 0 Å². The zero-order valence-corrected chi connectivity index (χ0v) is 22.6. The topological polar surface area (TPSA) is 92.4 Å². The van der Waals surface area contributed by atoms with E-state index in [9.17, 15) is 0 Å². The molecule has 0 aliphatic heterocycles. The Bertz CT molecular complexity index is 1630. The van der Waals surface area contributed by atoms with Crippen LogP contribution >= 0.6 is 46.4 Å². The first-order valence-corrected chi connectivity index (χ1v) is 13.2. The van der Waals surface area contributed by atoms with Crippen LogP contribution in [0.2, 0.25) is 20.1 Å². The maximum absolute atomic E-state index is 6.25. The number of aromatic amines is 2. The molecule has 38 heavy (non-hydrogen) atoms. The van der Waals surface area contributed by atoms with Gasteiger partial charge in [0.25, 0.3) is 0 Å². The highest BCUT2D eigenvalue weighted by Crippen LogP contribution is 2.30. The number of aryl methyl sites for hydroxylation is 1. The number of benzene rings is 2. The van der Waals surface area contributed by atoms with Gasteiger partial charge in [-0.1, -0.05) is 52.5 Å². The van der Waals surface area contributed by atoms with Gasteiger partial charge < -0.3 is 14.7 Å². The first-order valence-electron chi connectivity index (χ1n) is 11.7. The molecule has 0 bridgehead atoms. The van der Waals surface area contributed by atoms with Gasteiger partial charge in [-0.15, -0.1) is 0 Å². The lowest BCUT2D eigenvalue weighted by Crippen LogP contribution is -2.00. The van der Waals surface area contributed by atoms with Crippen molar-refractivity contribution >= 4 is 68.5 Å². The van der Waals surface area contributed by atoms with E-state index in [0.717, 1.165) is 35.1 Å². The molecular formula is C27H18Cl4N6O. The maximum atomic E-state index is 6.25. The van der Waals surface area contributed by atoms with Crippen LogP contribution in [-0.4, -0.2) is 36.5 Å². The van der Waals surface area contributed by atoms with E-state index in [4.69, 9.17) is 51.1 Å². The third-order valence-electron chi connectivity index (χ3n) is 5.93. The number of hydrogen-bond acceptors (Lipinski definition) is 5. The van der Waals surface area contributed by atoms with Gasteiger partial charge in [-0.05, 0) is 60.9 Å². The predicted octanol–water partition coefficient (Wildman–Crippen LogP) is 8.19. The second-order valence-corrected chi connectivity index (χ2v) is 10.3. The smallest absolute Gasteiger partial charge is 0.157 e. The van der Waals surface area contributed by atoms with Crippen molar-refractivity contribution in [2.75, 3.05) is 6.61 Å². The molecule has 190 valence electrons. The first kappa shape index (κ1) is 24.9. The number of hydrogen-bond donors (Lipinski definition) is 2. The summed E-state index contributed by atoms with van der Waals surface area (Å²) in [5.41, 5.74) is 5.37. The second-order valence-electron chi connectivity index (χ2n) is 8.62. The Labute approximate surface area is 237 Å². The average Bonchev–Trinajstić information content (AvgIpc) is 3.52. The Morgan fingerprint density at radius 2 is 1.26 bits per heavy atom. The SMILES string of the molecule is Clc1cc(Cl)c2nc(-c3ccc(CCCOc4ccc(-c5nc6c(Cl)cc(Cl)cc6[nH]5)nc4)cn3)[nH]c2c1. The fourth-order valence-corrected chi connectivity index (χ4v) is 5.18. The molecule has 0 saturated carbocycles. The Balaban J connectivity index is 1.04. The van der Waals surface area contributed by atoms with Gasteiger partial charge in [0.15, 0.2) is 11.6 Å². The number of imidazole rings is 2. The predicted molar refractivity (Wildman–Crippen MR) is 153 cm³/mol. The van der Waals surface area contributed by atoms with Crippen LogP contribution in [0.1, 0.15) is 12.0 Å². The minimum atomic E-state index is 0.490. The summed E-state index contributed by atoms with van der Waals surface area (Å²) in [5, 5.41) is 2.09. The van der Waals surface area contributed by atoms with Gasteiger partial charge in [-0.3, -0.25) is 4.98 Å². The lowest BCUT2D eigenvalue weighted by Gasteiger charge is -2.06. The number of rotatable bonds is 7. The van der Waals surface area contributed by atoms with Crippen molar-refractivity contribution in [3.8, 4) is 28.8 Å². The molecule has 0 unspecified atom stereocenters. The molecule has 6 aromatic rings. The minimum Gasteiger partial charge on any atom is -0.492 e. The first-order chi connectivity index (χ1) is 18.4. The molecule has 0 amide bonds. The highest BCUT2D eigenvalue weighted by Gasteiger charge is 2.12. The number of nitrogens with zero attached hydrogens (tertiary/aromatic N) is 4. The van der Waals surface area contributed by atoms with Crippen LogP contribution in [0.25, 0.3) is 45.1 Å². The number of ether oxygens (including phenoxy) is 1. The highest BCUT2D eigenvalue weighted by atomic mass is 35.5. The summed E-state index contributed by atoms with van der Waals surface area (Å²) < 4.78 is 5.87. The Morgan fingerprint density at radius 1 is 0.684 bits per heavy atom. The van der Waals surface area contributed by atoms with E-state index in [2.05, 4.69) is 29.9 Å². The van der Waals surface area contributed by atoms with Crippen LogP contribution in [-0.2, 0) is 6.42 Å². The molecule has 0 saturated heterocycles. The molecule has 0 fully saturated rings. The Kier molecular flexibility index (Phi) is 6.84. The third kappa shape index (κ3) is 5.15. The molecule has 4 heterocycles. The molecule has 0 atom stereocenters. The van der Waals surface area contributed by atoms with Gasteiger partial charge in [-0.25, -0.2) is 15.0 Å². The molecule has 0 aliphatic carbocycles. The van der Waals surface area contributed by atoms with Crippen molar-refractivity contribution in [1.82, 2.24) is 29.9 Å². The fraction of sp³-hybridized carbons (Fsp3) is 0.111. The van der Waals surface area contributed by atoms with E-state index in [1.165, 1.54) is 0 Å². The molecule has 6 rings (SSSR count). The van der Waals surface area contributed by atoms with Gasteiger partial charge in [0.2, 0.25) is 0 Å². The van der Waals surface area contributed by atoms with Crippen LogP contribution < -0.4 is 4.74 Å². The number of nitrogens with one attached hydrogen (secondary N) is 2. The average molecular weight is 584 g/mol. The number of H-pyrrole nitrogens is 2. The second kappa shape index (κ2) is 10.4. The molecule has 0 radical (unpaired) electrons. The van der Waals surface area contributed by atoms with Crippen LogP contribution in [0.15, 0.2) is 60.9 Å². The Morgan fingerprint density at radius 3 is 1.79 bits per heavy atom. The number of halogens is 4. The summed E-state index contributed by atoms with van der Waals surface area (Å²) in [7, 11) is 0. The van der Waals surface area contributed by atoms with Crippen LogP contribution in [0.4, 0.5) is 0 Å². The number of aromatic nitrogens is 6. The fourth-order valence-electron chi connectivity index (χ4n) is 4.11. The minimum absolute atomic E-state index is 0.490. The third-order valence-corrected chi connectivity index (χ3v) is 6.95.